The maximum absolute atomic E-state index is 13.3. The van der Waals surface area contributed by atoms with Crippen LogP contribution in [0.2, 0.25) is 0 Å². The molecule has 1 amide bonds. The first-order valence-corrected chi connectivity index (χ1v) is 12.1. The van der Waals surface area contributed by atoms with E-state index in [4.69, 9.17) is 9.40 Å². The molecule has 0 bridgehead atoms. The molecule has 0 saturated carbocycles. The first-order valence-electron chi connectivity index (χ1n) is 10.3. The molecule has 1 aliphatic rings. The van der Waals surface area contributed by atoms with Gasteiger partial charge in [0, 0.05) is 17.3 Å². The number of carbonyl (C=O) groups excluding carboxylic acids is 1. The predicted octanol–water partition coefficient (Wildman–Crippen LogP) is 4.01. The fraction of sp³-hybridized carbons (Fsp3) is 0.476. The van der Waals surface area contributed by atoms with Crippen molar-refractivity contribution in [3.63, 3.8) is 0 Å². The maximum Gasteiger partial charge on any atom is 0.322 e. The minimum Gasteiger partial charge on any atom is -0.408 e. The lowest BCUT2D eigenvalue weighted by atomic mass is 9.89. The van der Waals surface area contributed by atoms with Gasteiger partial charge in [0.1, 0.15) is 4.83 Å². The van der Waals surface area contributed by atoms with Crippen molar-refractivity contribution < 1.29 is 9.21 Å². The summed E-state index contributed by atoms with van der Waals surface area (Å²) in [7, 11) is 0. The molecule has 10 heteroatoms. The Kier molecular flexibility index (Phi) is 6.29. The molecule has 1 atom stereocenters. The summed E-state index contributed by atoms with van der Waals surface area (Å²) < 4.78 is 7.02. The Morgan fingerprint density at radius 1 is 1.45 bits per heavy atom. The van der Waals surface area contributed by atoms with Gasteiger partial charge in [-0.15, -0.1) is 23.0 Å². The quantitative estimate of drug-likeness (QED) is 0.323. The van der Waals surface area contributed by atoms with E-state index >= 15 is 0 Å². The zero-order valence-corrected chi connectivity index (χ0v) is 19.4. The molecule has 164 valence electrons. The lowest BCUT2D eigenvalue weighted by Crippen LogP contribution is -2.24. The van der Waals surface area contributed by atoms with Crippen LogP contribution in [0.4, 0.5) is 6.01 Å². The van der Waals surface area contributed by atoms with Gasteiger partial charge in [0.2, 0.25) is 11.8 Å². The van der Waals surface area contributed by atoms with Gasteiger partial charge in [-0.2, -0.15) is 0 Å². The number of hydrogen-bond donors (Lipinski definition) is 1. The van der Waals surface area contributed by atoms with Crippen molar-refractivity contribution in [2.75, 3.05) is 11.1 Å². The summed E-state index contributed by atoms with van der Waals surface area (Å²) in [5.74, 6) is 0.927. The SMILES string of the molecule is C=CCn1c(SCC(=O)Nc2nnc(C(C)C)o2)nc2sc3c(c2c1=O)CCC(C)C3. The van der Waals surface area contributed by atoms with Crippen molar-refractivity contribution in [3.8, 4) is 0 Å². The molecule has 0 saturated heterocycles. The highest BCUT2D eigenvalue weighted by molar-refractivity contribution is 7.99. The Morgan fingerprint density at radius 2 is 2.26 bits per heavy atom. The summed E-state index contributed by atoms with van der Waals surface area (Å²) >= 11 is 2.82. The number of allylic oxidation sites excluding steroid dienone is 1. The first-order chi connectivity index (χ1) is 14.9. The topological polar surface area (TPSA) is 103 Å². The van der Waals surface area contributed by atoms with Gasteiger partial charge in [-0.25, -0.2) is 4.98 Å². The van der Waals surface area contributed by atoms with Gasteiger partial charge >= 0.3 is 6.01 Å². The molecule has 0 spiro atoms. The highest BCUT2D eigenvalue weighted by Gasteiger charge is 2.25. The molecule has 1 unspecified atom stereocenters. The van der Waals surface area contributed by atoms with Crippen LogP contribution in [0.1, 0.15) is 49.4 Å². The molecule has 1 aliphatic carbocycles. The number of aromatic nitrogens is 4. The fourth-order valence-electron chi connectivity index (χ4n) is 3.61. The van der Waals surface area contributed by atoms with E-state index in [-0.39, 0.29) is 29.2 Å². The van der Waals surface area contributed by atoms with Crippen molar-refractivity contribution >= 4 is 45.2 Å². The second-order valence-electron chi connectivity index (χ2n) is 8.07. The predicted molar refractivity (Wildman–Crippen MR) is 123 cm³/mol. The van der Waals surface area contributed by atoms with Crippen LogP contribution in [0, 0.1) is 5.92 Å². The Balaban J connectivity index is 1.57. The Morgan fingerprint density at radius 3 is 2.97 bits per heavy atom. The van der Waals surface area contributed by atoms with E-state index in [0.29, 0.717) is 23.5 Å². The Labute approximate surface area is 188 Å². The number of amides is 1. The molecule has 3 heterocycles. The van der Waals surface area contributed by atoms with Crippen LogP contribution in [0.25, 0.3) is 10.2 Å². The van der Waals surface area contributed by atoms with Gasteiger partial charge < -0.3 is 4.42 Å². The lowest BCUT2D eigenvalue weighted by molar-refractivity contribution is -0.113. The number of nitrogens with zero attached hydrogens (tertiary/aromatic N) is 4. The van der Waals surface area contributed by atoms with E-state index in [1.165, 1.54) is 16.6 Å². The monoisotopic (exact) mass is 459 g/mol. The summed E-state index contributed by atoms with van der Waals surface area (Å²) in [6.45, 7) is 10.2. The average Bonchev–Trinajstić information content (AvgIpc) is 3.33. The number of fused-ring (bicyclic) bond motifs is 3. The minimum absolute atomic E-state index is 0.0571. The average molecular weight is 460 g/mol. The second kappa shape index (κ2) is 8.96. The molecule has 0 fully saturated rings. The van der Waals surface area contributed by atoms with Crippen LogP contribution in [-0.2, 0) is 24.2 Å². The molecule has 0 aromatic carbocycles. The largest absolute Gasteiger partial charge is 0.408 e. The van der Waals surface area contributed by atoms with Crippen LogP contribution in [-0.4, -0.2) is 31.4 Å². The van der Waals surface area contributed by atoms with Gasteiger partial charge in [-0.1, -0.05) is 43.7 Å². The standard InChI is InChI=1S/C21H25N5O3S2/c1-5-8-26-19(28)16-13-7-6-12(4)9-14(13)31-18(16)23-21(26)30-10-15(27)22-20-25-24-17(29-20)11(2)3/h5,11-12H,1,6-10H2,2-4H3,(H,22,25,27). The molecule has 4 rings (SSSR count). The van der Waals surface area contributed by atoms with Gasteiger partial charge in [-0.3, -0.25) is 19.5 Å². The lowest BCUT2D eigenvalue weighted by Gasteiger charge is -2.17. The number of thiophene rings is 1. The van der Waals surface area contributed by atoms with Crippen LogP contribution in [0.15, 0.2) is 27.0 Å². The summed E-state index contributed by atoms with van der Waals surface area (Å²) in [6.07, 6.45) is 4.67. The third-order valence-corrected chi connectivity index (χ3v) is 7.33. The van der Waals surface area contributed by atoms with Gasteiger partial charge in [0.15, 0.2) is 5.16 Å². The molecular formula is C21H25N5O3S2. The van der Waals surface area contributed by atoms with E-state index in [1.807, 2.05) is 13.8 Å². The molecule has 0 aliphatic heterocycles. The van der Waals surface area contributed by atoms with Crippen molar-refractivity contribution in [3.05, 3.63) is 39.3 Å². The number of carbonyl (C=O) groups is 1. The molecule has 3 aromatic rings. The Hall–Kier alpha value is -2.46. The van der Waals surface area contributed by atoms with Crippen LogP contribution in [0.3, 0.4) is 0 Å². The number of rotatable bonds is 7. The van der Waals surface area contributed by atoms with E-state index < -0.39 is 0 Å². The van der Waals surface area contributed by atoms with Crippen LogP contribution in [0.5, 0.6) is 0 Å². The summed E-state index contributed by atoms with van der Waals surface area (Å²) in [6, 6.07) is 0.0706. The number of aryl methyl sites for hydroxylation is 1. The van der Waals surface area contributed by atoms with Crippen molar-refractivity contribution in [2.24, 2.45) is 5.92 Å². The molecular weight excluding hydrogens is 434 g/mol. The third-order valence-electron chi connectivity index (χ3n) is 5.21. The highest BCUT2D eigenvalue weighted by atomic mass is 32.2. The Bertz CT molecular complexity index is 1190. The minimum atomic E-state index is -0.303. The second-order valence-corrected chi connectivity index (χ2v) is 10.1. The van der Waals surface area contributed by atoms with Gasteiger partial charge in [0.05, 0.1) is 11.1 Å². The molecule has 31 heavy (non-hydrogen) atoms. The zero-order chi connectivity index (χ0) is 22.1. The van der Waals surface area contributed by atoms with Gasteiger partial charge in [-0.05, 0) is 30.7 Å². The fourth-order valence-corrected chi connectivity index (χ4v) is 5.84. The van der Waals surface area contributed by atoms with Crippen molar-refractivity contribution in [1.29, 1.82) is 0 Å². The summed E-state index contributed by atoms with van der Waals surface area (Å²) in [5, 5.41) is 11.6. The van der Waals surface area contributed by atoms with E-state index in [2.05, 4.69) is 29.0 Å². The number of nitrogens with one attached hydrogen (secondary N) is 1. The normalized spacial score (nSPS) is 15.9. The molecule has 3 aromatic heterocycles. The number of thioether (sulfide) groups is 1. The van der Waals surface area contributed by atoms with E-state index in [0.717, 1.165) is 35.0 Å². The van der Waals surface area contributed by atoms with Crippen molar-refractivity contribution in [2.45, 2.75) is 57.7 Å². The number of anilines is 1. The smallest absolute Gasteiger partial charge is 0.322 e. The highest BCUT2D eigenvalue weighted by Crippen LogP contribution is 2.36. The van der Waals surface area contributed by atoms with Gasteiger partial charge in [0.25, 0.3) is 5.56 Å². The molecule has 8 nitrogen and oxygen atoms in total. The molecule has 1 N–H and O–H groups in total. The molecule has 0 radical (unpaired) electrons. The van der Waals surface area contributed by atoms with E-state index in [9.17, 15) is 9.59 Å². The number of hydrogen-bond acceptors (Lipinski definition) is 8. The maximum atomic E-state index is 13.3. The van der Waals surface area contributed by atoms with Crippen LogP contribution >= 0.6 is 23.1 Å². The zero-order valence-electron chi connectivity index (χ0n) is 17.8. The third kappa shape index (κ3) is 4.45. The first kappa shape index (κ1) is 21.8. The summed E-state index contributed by atoms with van der Waals surface area (Å²) in [4.78, 5) is 32.5. The van der Waals surface area contributed by atoms with Crippen LogP contribution < -0.4 is 10.9 Å². The van der Waals surface area contributed by atoms with Crippen molar-refractivity contribution in [1.82, 2.24) is 19.7 Å². The van der Waals surface area contributed by atoms with E-state index in [1.54, 1.807) is 22.0 Å². The summed E-state index contributed by atoms with van der Waals surface area (Å²) in [5.41, 5.74) is 1.10.